The normalized spacial score (nSPS) is 19.3. The van der Waals surface area contributed by atoms with Gasteiger partial charge in [-0.3, -0.25) is 9.59 Å². The highest BCUT2D eigenvalue weighted by Crippen LogP contribution is 2.27. The molecule has 0 radical (unpaired) electrons. The average Bonchev–Trinajstić information content (AvgIpc) is 3.28. The van der Waals surface area contributed by atoms with Crippen molar-refractivity contribution in [1.82, 2.24) is 14.9 Å². The number of fused-ring (bicyclic) bond motifs is 1. The number of nitrogens with one attached hydrogen (secondary N) is 1. The summed E-state index contributed by atoms with van der Waals surface area (Å²) in [5.74, 6) is 0.616. The number of carbonyl (C=O) groups excluding carboxylic acids is 2. The van der Waals surface area contributed by atoms with Crippen molar-refractivity contribution in [2.75, 3.05) is 17.2 Å². The van der Waals surface area contributed by atoms with Crippen molar-refractivity contribution in [3.8, 4) is 5.75 Å². The fourth-order valence-electron chi connectivity index (χ4n) is 3.13. The van der Waals surface area contributed by atoms with Crippen molar-refractivity contribution in [2.45, 2.75) is 24.7 Å². The first kappa shape index (κ1) is 16.0. The SMILES string of the molecule is O=C(NCc1cn2c(n1)SCC2)C1CC(=O)N(c2ccc(O)cc2)C1. The third kappa shape index (κ3) is 3.21. The molecule has 2 amide bonds. The van der Waals surface area contributed by atoms with E-state index < -0.39 is 0 Å². The zero-order valence-electron chi connectivity index (χ0n) is 13.5. The number of phenolic OH excluding ortho intramolecular Hbond substituents is 1. The molecular formula is C17H18N4O3S. The van der Waals surface area contributed by atoms with E-state index in [1.807, 2.05) is 6.20 Å². The Balaban J connectivity index is 1.36. The number of rotatable bonds is 4. The molecular weight excluding hydrogens is 340 g/mol. The zero-order valence-corrected chi connectivity index (χ0v) is 14.3. The molecule has 0 bridgehead atoms. The fourth-order valence-corrected chi connectivity index (χ4v) is 4.10. The van der Waals surface area contributed by atoms with Gasteiger partial charge in [0.15, 0.2) is 5.16 Å². The maximum absolute atomic E-state index is 12.4. The van der Waals surface area contributed by atoms with Gasteiger partial charge in [-0.15, -0.1) is 0 Å². The van der Waals surface area contributed by atoms with Gasteiger partial charge in [0, 0.05) is 37.1 Å². The quantitative estimate of drug-likeness (QED) is 0.862. The Hall–Kier alpha value is -2.48. The van der Waals surface area contributed by atoms with Crippen molar-refractivity contribution >= 4 is 29.3 Å². The first-order valence-electron chi connectivity index (χ1n) is 8.16. The van der Waals surface area contributed by atoms with Crippen LogP contribution in [0.25, 0.3) is 0 Å². The number of nitrogens with zero attached hydrogens (tertiary/aromatic N) is 3. The first-order chi connectivity index (χ1) is 12.1. The van der Waals surface area contributed by atoms with E-state index in [2.05, 4.69) is 14.9 Å². The van der Waals surface area contributed by atoms with E-state index in [4.69, 9.17) is 0 Å². The van der Waals surface area contributed by atoms with E-state index in [9.17, 15) is 14.7 Å². The fraction of sp³-hybridized carbons (Fsp3) is 0.353. The molecule has 0 saturated carbocycles. The number of amides is 2. The molecule has 1 atom stereocenters. The summed E-state index contributed by atoms with van der Waals surface area (Å²) in [6.07, 6.45) is 2.17. The van der Waals surface area contributed by atoms with Crippen LogP contribution in [-0.4, -0.2) is 38.8 Å². The Labute approximate surface area is 149 Å². The van der Waals surface area contributed by atoms with Gasteiger partial charge in [0.2, 0.25) is 11.8 Å². The van der Waals surface area contributed by atoms with Crippen LogP contribution in [-0.2, 0) is 22.7 Å². The molecule has 130 valence electrons. The zero-order chi connectivity index (χ0) is 17.4. The molecule has 0 aliphatic carbocycles. The Morgan fingerprint density at radius 2 is 2.16 bits per heavy atom. The number of aromatic nitrogens is 2. The van der Waals surface area contributed by atoms with Crippen molar-refractivity contribution < 1.29 is 14.7 Å². The number of phenols is 1. The van der Waals surface area contributed by atoms with E-state index in [1.54, 1.807) is 28.8 Å². The maximum Gasteiger partial charge on any atom is 0.227 e. The summed E-state index contributed by atoms with van der Waals surface area (Å²) >= 11 is 1.72. The van der Waals surface area contributed by atoms with Crippen LogP contribution in [0.4, 0.5) is 5.69 Å². The second-order valence-electron chi connectivity index (χ2n) is 6.20. The predicted octanol–water partition coefficient (Wildman–Crippen LogP) is 1.36. The Bertz CT molecular complexity index is 796. The molecule has 1 saturated heterocycles. The van der Waals surface area contributed by atoms with Crippen LogP contribution in [0.15, 0.2) is 35.6 Å². The van der Waals surface area contributed by atoms with Gasteiger partial charge in [-0.05, 0) is 24.3 Å². The molecule has 2 N–H and O–H groups in total. The molecule has 4 rings (SSSR count). The number of aryl methyl sites for hydroxylation is 1. The summed E-state index contributed by atoms with van der Waals surface area (Å²) in [5.41, 5.74) is 1.54. The van der Waals surface area contributed by atoms with Gasteiger partial charge < -0.3 is 19.9 Å². The van der Waals surface area contributed by atoms with Crippen LogP contribution in [0.2, 0.25) is 0 Å². The molecule has 1 aromatic heterocycles. The number of imidazole rings is 1. The summed E-state index contributed by atoms with van der Waals surface area (Å²) in [5, 5.41) is 13.2. The van der Waals surface area contributed by atoms with Crippen LogP contribution >= 0.6 is 11.8 Å². The minimum absolute atomic E-state index is 0.0804. The summed E-state index contributed by atoms with van der Waals surface area (Å²) in [7, 11) is 0. The van der Waals surface area contributed by atoms with Crippen molar-refractivity contribution in [3.63, 3.8) is 0 Å². The molecule has 7 nitrogen and oxygen atoms in total. The monoisotopic (exact) mass is 358 g/mol. The number of thioether (sulfide) groups is 1. The van der Waals surface area contributed by atoms with Crippen molar-refractivity contribution in [1.29, 1.82) is 0 Å². The molecule has 2 aliphatic heterocycles. The van der Waals surface area contributed by atoms with Crippen molar-refractivity contribution in [3.05, 3.63) is 36.2 Å². The Morgan fingerprint density at radius 3 is 2.92 bits per heavy atom. The summed E-state index contributed by atoms with van der Waals surface area (Å²) < 4.78 is 2.10. The minimum Gasteiger partial charge on any atom is -0.508 e. The summed E-state index contributed by atoms with van der Waals surface area (Å²) in [6, 6.07) is 6.42. The highest BCUT2D eigenvalue weighted by atomic mass is 32.2. The minimum atomic E-state index is -0.370. The van der Waals surface area contributed by atoms with Gasteiger partial charge in [-0.2, -0.15) is 0 Å². The number of anilines is 1. The largest absolute Gasteiger partial charge is 0.508 e. The topological polar surface area (TPSA) is 87.5 Å². The number of hydrogen-bond donors (Lipinski definition) is 2. The van der Waals surface area contributed by atoms with Crippen LogP contribution in [0.5, 0.6) is 5.75 Å². The molecule has 2 aromatic rings. The van der Waals surface area contributed by atoms with Gasteiger partial charge in [-0.25, -0.2) is 4.98 Å². The van der Waals surface area contributed by atoms with Gasteiger partial charge in [0.25, 0.3) is 0 Å². The smallest absolute Gasteiger partial charge is 0.227 e. The van der Waals surface area contributed by atoms with E-state index in [0.717, 1.165) is 23.1 Å². The molecule has 1 unspecified atom stereocenters. The lowest BCUT2D eigenvalue weighted by Crippen LogP contribution is -2.32. The van der Waals surface area contributed by atoms with Crippen molar-refractivity contribution in [2.24, 2.45) is 5.92 Å². The lowest BCUT2D eigenvalue weighted by atomic mass is 10.1. The molecule has 8 heteroatoms. The van der Waals surface area contributed by atoms with Crippen LogP contribution in [0.3, 0.4) is 0 Å². The predicted molar refractivity (Wildman–Crippen MR) is 93.4 cm³/mol. The van der Waals surface area contributed by atoms with Gasteiger partial charge in [0.1, 0.15) is 5.75 Å². The third-order valence-electron chi connectivity index (χ3n) is 4.45. The number of aromatic hydroxyl groups is 1. The van der Waals surface area contributed by atoms with Gasteiger partial charge in [0.05, 0.1) is 18.2 Å². The number of hydrogen-bond acceptors (Lipinski definition) is 5. The molecule has 1 fully saturated rings. The van der Waals surface area contributed by atoms with E-state index in [-0.39, 0.29) is 29.9 Å². The molecule has 1 aromatic carbocycles. The maximum atomic E-state index is 12.4. The second-order valence-corrected chi connectivity index (χ2v) is 7.26. The number of benzene rings is 1. The highest BCUT2D eigenvalue weighted by Gasteiger charge is 2.35. The molecule has 0 spiro atoms. The third-order valence-corrected chi connectivity index (χ3v) is 5.42. The molecule has 25 heavy (non-hydrogen) atoms. The van der Waals surface area contributed by atoms with E-state index in [1.165, 1.54) is 12.1 Å². The van der Waals surface area contributed by atoms with Crippen LogP contribution < -0.4 is 10.2 Å². The Morgan fingerprint density at radius 1 is 1.36 bits per heavy atom. The van der Waals surface area contributed by atoms with E-state index in [0.29, 0.717) is 18.8 Å². The standard InChI is InChI=1S/C17H18N4O3S/c22-14-3-1-13(2-4-14)21-9-11(7-15(21)23)16(24)18-8-12-10-20-5-6-25-17(20)19-12/h1-4,10-11,22H,5-9H2,(H,18,24). The van der Waals surface area contributed by atoms with Gasteiger partial charge in [-0.1, -0.05) is 11.8 Å². The Kier molecular flexibility index (Phi) is 4.12. The number of carbonyl (C=O) groups is 2. The lowest BCUT2D eigenvalue weighted by Gasteiger charge is -2.16. The van der Waals surface area contributed by atoms with E-state index >= 15 is 0 Å². The van der Waals surface area contributed by atoms with Crippen LogP contribution in [0, 0.1) is 5.92 Å². The molecule has 3 heterocycles. The lowest BCUT2D eigenvalue weighted by molar-refractivity contribution is -0.126. The first-order valence-corrected chi connectivity index (χ1v) is 9.14. The molecule has 2 aliphatic rings. The van der Waals surface area contributed by atoms with Gasteiger partial charge >= 0.3 is 0 Å². The highest BCUT2D eigenvalue weighted by molar-refractivity contribution is 7.99. The second kappa shape index (κ2) is 6.44. The average molecular weight is 358 g/mol. The van der Waals surface area contributed by atoms with Crippen LogP contribution in [0.1, 0.15) is 12.1 Å². The summed E-state index contributed by atoms with van der Waals surface area (Å²) in [4.78, 5) is 30.7. The summed E-state index contributed by atoms with van der Waals surface area (Å²) in [6.45, 7) is 1.69.